The number of hydrogen-bond acceptors (Lipinski definition) is 2. The molecule has 0 bridgehead atoms. The normalized spacial score (nSPS) is 14.5. The van der Waals surface area contributed by atoms with Crippen molar-refractivity contribution in [2.75, 3.05) is 0 Å². The third-order valence-corrected chi connectivity index (χ3v) is 3.85. The van der Waals surface area contributed by atoms with Crippen LogP contribution < -0.4 is 0 Å². The zero-order valence-corrected chi connectivity index (χ0v) is 11.4. The molecule has 3 nitrogen and oxygen atoms in total. The van der Waals surface area contributed by atoms with Crippen molar-refractivity contribution in [2.45, 2.75) is 39.7 Å². The average Bonchev–Trinajstić information content (AvgIpc) is 2.71. The maximum Gasteiger partial charge on any atom is 0.164 e. The Morgan fingerprint density at radius 2 is 2.11 bits per heavy atom. The average molecular weight is 254 g/mol. The standard InChI is InChI=1S/C16H18N2O/c1-11-6-7-13(9-17-11)10-18-12(2)8-14-15(18)4-3-5-16(14)19/h6-9H,3-5,10H2,1-2H3. The van der Waals surface area contributed by atoms with Gasteiger partial charge < -0.3 is 4.57 Å². The van der Waals surface area contributed by atoms with E-state index in [1.54, 1.807) is 0 Å². The maximum absolute atomic E-state index is 11.9. The number of hydrogen-bond donors (Lipinski definition) is 0. The fourth-order valence-electron chi connectivity index (χ4n) is 2.79. The summed E-state index contributed by atoms with van der Waals surface area (Å²) in [6.07, 6.45) is 4.60. The first-order valence-corrected chi connectivity index (χ1v) is 6.79. The summed E-state index contributed by atoms with van der Waals surface area (Å²) in [5.41, 5.74) is 5.52. The minimum Gasteiger partial charge on any atom is -0.344 e. The van der Waals surface area contributed by atoms with Gasteiger partial charge in [-0.2, -0.15) is 0 Å². The van der Waals surface area contributed by atoms with Crippen LogP contribution in [-0.2, 0) is 13.0 Å². The molecule has 0 saturated carbocycles. The van der Waals surface area contributed by atoms with Crippen LogP contribution in [0.2, 0.25) is 0 Å². The van der Waals surface area contributed by atoms with Gasteiger partial charge in [-0.3, -0.25) is 9.78 Å². The Bertz CT molecular complexity index is 623. The van der Waals surface area contributed by atoms with E-state index in [9.17, 15) is 4.79 Å². The van der Waals surface area contributed by atoms with Crippen LogP contribution in [-0.4, -0.2) is 15.3 Å². The number of aryl methyl sites for hydroxylation is 2. The highest BCUT2D eigenvalue weighted by Crippen LogP contribution is 2.25. The second kappa shape index (κ2) is 4.65. The van der Waals surface area contributed by atoms with Crippen molar-refractivity contribution in [1.29, 1.82) is 0 Å². The monoisotopic (exact) mass is 254 g/mol. The van der Waals surface area contributed by atoms with Crippen LogP contribution in [0.25, 0.3) is 0 Å². The summed E-state index contributed by atoms with van der Waals surface area (Å²) < 4.78 is 2.26. The van der Waals surface area contributed by atoms with Gasteiger partial charge in [0, 0.05) is 41.8 Å². The SMILES string of the molecule is Cc1ccc(Cn2c(C)cc3c2CCCC3=O)cn1. The lowest BCUT2D eigenvalue weighted by molar-refractivity contribution is 0.0972. The largest absolute Gasteiger partial charge is 0.344 e. The van der Waals surface area contributed by atoms with Gasteiger partial charge in [0.2, 0.25) is 0 Å². The number of nitrogens with zero attached hydrogens (tertiary/aromatic N) is 2. The van der Waals surface area contributed by atoms with Gasteiger partial charge in [-0.25, -0.2) is 0 Å². The fourth-order valence-corrected chi connectivity index (χ4v) is 2.79. The summed E-state index contributed by atoms with van der Waals surface area (Å²) in [6.45, 7) is 4.88. The van der Waals surface area contributed by atoms with E-state index in [0.29, 0.717) is 12.2 Å². The topological polar surface area (TPSA) is 34.9 Å². The molecule has 0 unspecified atom stereocenters. The predicted octanol–water partition coefficient (Wildman–Crippen LogP) is 3.07. The molecule has 1 aliphatic carbocycles. The maximum atomic E-state index is 11.9. The molecular formula is C16H18N2O. The Balaban J connectivity index is 1.97. The van der Waals surface area contributed by atoms with Crippen molar-refractivity contribution in [1.82, 2.24) is 9.55 Å². The fraction of sp³-hybridized carbons (Fsp3) is 0.375. The Labute approximate surface area is 113 Å². The highest BCUT2D eigenvalue weighted by atomic mass is 16.1. The van der Waals surface area contributed by atoms with E-state index in [0.717, 1.165) is 30.6 Å². The first kappa shape index (κ1) is 12.2. The van der Waals surface area contributed by atoms with Crippen molar-refractivity contribution in [3.8, 4) is 0 Å². The third kappa shape index (κ3) is 2.21. The van der Waals surface area contributed by atoms with Gasteiger partial charge in [0.25, 0.3) is 0 Å². The van der Waals surface area contributed by atoms with Gasteiger partial charge >= 0.3 is 0 Å². The molecule has 0 N–H and O–H groups in total. The number of fused-ring (bicyclic) bond motifs is 1. The van der Waals surface area contributed by atoms with Crippen molar-refractivity contribution < 1.29 is 4.79 Å². The number of carbonyl (C=O) groups excluding carboxylic acids is 1. The number of rotatable bonds is 2. The van der Waals surface area contributed by atoms with Gasteiger partial charge in [0.15, 0.2) is 5.78 Å². The molecule has 0 radical (unpaired) electrons. The second-order valence-electron chi connectivity index (χ2n) is 5.32. The number of ketones is 1. The molecule has 2 aromatic heterocycles. The van der Waals surface area contributed by atoms with Gasteiger partial charge in [-0.15, -0.1) is 0 Å². The molecule has 0 saturated heterocycles. The zero-order chi connectivity index (χ0) is 13.4. The molecule has 0 atom stereocenters. The lowest BCUT2D eigenvalue weighted by Gasteiger charge is -2.16. The first-order valence-electron chi connectivity index (χ1n) is 6.79. The Hall–Kier alpha value is -1.90. The van der Waals surface area contributed by atoms with Crippen LogP contribution >= 0.6 is 0 Å². The van der Waals surface area contributed by atoms with E-state index in [1.165, 1.54) is 17.0 Å². The highest BCUT2D eigenvalue weighted by Gasteiger charge is 2.22. The van der Waals surface area contributed by atoms with Crippen LogP contribution in [0.4, 0.5) is 0 Å². The lowest BCUT2D eigenvalue weighted by atomic mass is 9.96. The summed E-state index contributed by atoms with van der Waals surface area (Å²) in [7, 11) is 0. The van der Waals surface area contributed by atoms with Gasteiger partial charge in [0.1, 0.15) is 0 Å². The molecule has 2 heterocycles. The summed E-state index contributed by atoms with van der Waals surface area (Å²) in [5, 5.41) is 0. The summed E-state index contributed by atoms with van der Waals surface area (Å²) >= 11 is 0. The van der Waals surface area contributed by atoms with E-state index >= 15 is 0 Å². The summed E-state index contributed by atoms with van der Waals surface area (Å²) in [5.74, 6) is 0.296. The zero-order valence-electron chi connectivity index (χ0n) is 11.4. The van der Waals surface area contributed by atoms with E-state index < -0.39 is 0 Å². The highest BCUT2D eigenvalue weighted by molar-refractivity contribution is 5.98. The first-order chi connectivity index (χ1) is 9.15. The van der Waals surface area contributed by atoms with Crippen LogP contribution in [0, 0.1) is 13.8 Å². The van der Waals surface area contributed by atoms with Crippen molar-refractivity contribution in [3.63, 3.8) is 0 Å². The van der Waals surface area contributed by atoms with Crippen LogP contribution in [0.1, 0.15) is 45.8 Å². The van der Waals surface area contributed by atoms with Crippen LogP contribution in [0.15, 0.2) is 24.4 Å². The molecule has 0 fully saturated rings. The smallest absolute Gasteiger partial charge is 0.164 e. The molecule has 0 aromatic carbocycles. The molecule has 0 amide bonds. The van der Waals surface area contributed by atoms with E-state index in [4.69, 9.17) is 0 Å². The molecule has 98 valence electrons. The quantitative estimate of drug-likeness (QED) is 0.825. The Kier molecular flexibility index (Phi) is 2.97. The van der Waals surface area contributed by atoms with E-state index in [1.807, 2.05) is 25.3 Å². The van der Waals surface area contributed by atoms with E-state index in [2.05, 4.69) is 22.5 Å². The number of carbonyl (C=O) groups is 1. The lowest BCUT2D eigenvalue weighted by Crippen LogP contribution is -2.14. The number of Topliss-reactive ketones (excluding diaryl/α,β-unsaturated/α-hetero) is 1. The third-order valence-electron chi connectivity index (χ3n) is 3.85. The molecule has 1 aliphatic rings. The molecule has 3 rings (SSSR count). The molecule has 19 heavy (non-hydrogen) atoms. The van der Waals surface area contributed by atoms with Crippen LogP contribution in [0.5, 0.6) is 0 Å². The minimum atomic E-state index is 0.296. The molecule has 2 aromatic rings. The van der Waals surface area contributed by atoms with Crippen molar-refractivity contribution >= 4 is 5.78 Å². The molecular weight excluding hydrogens is 236 g/mol. The Morgan fingerprint density at radius 3 is 2.84 bits per heavy atom. The van der Waals surface area contributed by atoms with Crippen molar-refractivity contribution in [3.05, 3.63) is 52.6 Å². The van der Waals surface area contributed by atoms with Crippen molar-refractivity contribution in [2.24, 2.45) is 0 Å². The second-order valence-corrected chi connectivity index (χ2v) is 5.32. The summed E-state index contributed by atoms with van der Waals surface area (Å²) in [6, 6.07) is 6.18. The Morgan fingerprint density at radius 1 is 1.26 bits per heavy atom. The molecule has 0 spiro atoms. The van der Waals surface area contributed by atoms with Gasteiger partial charge in [0.05, 0.1) is 0 Å². The van der Waals surface area contributed by atoms with Crippen LogP contribution in [0.3, 0.4) is 0 Å². The minimum absolute atomic E-state index is 0.296. The summed E-state index contributed by atoms with van der Waals surface area (Å²) in [4.78, 5) is 16.3. The van der Waals surface area contributed by atoms with E-state index in [-0.39, 0.29) is 0 Å². The molecule has 3 heteroatoms. The molecule has 0 aliphatic heterocycles. The number of aromatic nitrogens is 2. The van der Waals surface area contributed by atoms with Gasteiger partial charge in [-0.1, -0.05) is 6.07 Å². The number of pyridine rings is 1. The predicted molar refractivity (Wildman–Crippen MR) is 74.5 cm³/mol. The van der Waals surface area contributed by atoms with Gasteiger partial charge in [-0.05, 0) is 44.4 Å².